The summed E-state index contributed by atoms with van der Waals surface area (Å²) in [6, 6.07) is 0.580. The molecule has 20 heavy (non-hydrogen) atoms. The monoisotopic (exact) mass is 293 g/mol. The molecule has 0 bridgehead atoms. The van der Waals surface area contributed by atoms with E-state index in [0.717, 1.165) is 6.54 Å². The van der Waals surface area contributed by atoms with Crippen LogP contribution in [-0.2, 0) is 19.4 Å². The maximum Gasteiger partial charge on any atom is 0.0218 e. The second-order valence-corrected chi connectivity index (χ2v) is 7.49. The third-order valence-electron chi connectivity index (χ3n) is 4.35. The highest BCUT2D eigenvalue weighted by molar-refractivity contribution is 7.10. The van der Waals surface area contributed by atoms with Gasteiger partial charge in [0.15, 0.2) is 0 Å². The molecule has 1 aromatic rings. The van der Waals surface area contributed by atoms with E-state index >= 15 is 0 Å². The van der Waals surface area contributed by atoms with Crippen molar-refractivity contribution >= 4 is 11.3 Å². The molecule has 0 amide bonds. The van der Waals surface area contributed by atoms with Crippen LogP contribution in [0.2, 0.25) is 0 Å². The first-order valence-corrected chi connectivity index (χ1v) is 9.47. The van der Waals surface area contributed by atoms with Gasteiger partial charge in [0.1, 0.15) is 0 Å². The van der Waals surface area contributed by atoms with Crippen LogP contribution in [0.25, 0.3) is 0 Å². The molecule has 0 saturated heterocycles. The van der Waals surface area contributed by atoms with Crippen LogP contribution >= 0.6 is 11.3 Å². The van der Waals surface area contributed by atoms with Gasteiger partial charge in [-0.1, -0.05) is 52.4 Å². The second-order valence-electron chi connectivity index (χ2n) is 6.53. The molecule has 114 valence electrons. The molecule has 0 fully saturated rings. The van der Waals surface area contributed by atoms with E-state index in [9.17, 15) is 0 Å². The van der Waals surface area contributed by atoms with E-state index in [-0.39, 0.29) is 0 Å². The van der Waals surface area contributed by atoms with E-state index in [1.807, 2.05) is 11.3 Å². The lowest BCUT2D eigenvalue weighted by molar-refractivity contribution is 0.557. The average molecular weight is 294 g/mol. The Labute approximate surface area is 129 Å². The summed E-state index contributed by atoms with van der Waals surface area (Å²) in [5.74, 6) is 0. The Hall–Kier alpha value is -0.340. The summed E-state index contributed by atoms with van der Waals surface area (Å²) in [4.78, 5) is 1.69. The zero-order valence-electron chi connectivity index (χ0n) is 13.3. The summed E-state index contributed by atoms with van der Waals surface area (Å²) >= 11 is 2.01. The number of fused-ring (bicyclic) bond motifs is 1. The van der Waals surface area contributed by atoms with Crippen LogP contribution in [0.1, 0.15) is 81.2 Å². The van der Waals surface area contributed by atoms with Crippen LogP contribution in [0, 0.1) is 0 Å². The molecule has 0 aliphatic heterocycles. The summed E-state index contributed by atoms with van der Waals surface area (Å²) < 4.78 is 0. The number of hydrogen-bond acceptors (Lipinski definition) is 2. The molecule has 0 saturated carbocycles. The standard InChI is InChI=1S/C18H31NS/c1-15(2)19-13-16-14-20-18-12-10-8-6-4-3-5-7-9-11-17(16)18/h14-15,19H,3-13H2,1-2H3. The van der Waals surface area contributed by atoms with Crippen molar-refractivity contribution in [1.29, 1.82) is 0 Å². The molecule has 1 aliphatic rings. The molecule has 0 aromatic carbocycles. The lowest BCUT2D eigenvalue weighted by Gasteiger charge is -2.12. The van der Waals surface area contributed by atoms with Crippen molar-refractivity contribution in [1.82, 2.24) is 5.32 Å². The fraction of sp³-hybridized carbons (Fsp3) is 0.778. The van der Waals surface area contributed by atoms with Crippen molar-refractivity contribution in [2.75, 3.05) is 0 Å². The maximum atomic E-state index is 3.59. The van der Waals surface area contributed by atoms with Crippen molar-refractivity contribution in [2.24, 2.45) is 0 Å². The lowest BCUT2D eigenvalue weighted by Crippen LogP contribution is -2.22. The Morgan fingerprint density at radius 2 is 1.55 bits per heavy atom. The smallest absolute Gasteiger partial charge is 0.0218 e. The Balaban J connectivity index is 2.01. The van der Waals surface area contributed by atoms with Crippen LogP contribution < -0.4 is 5.32 Å². The average Bonchev–Trinajstić information content (AvgIpc) is 2.78. The van der Waals surface area contributed by atoms with E-state index in [1.54, 1.807) is 16.0 Å². The fourth-order valence-electron chi connectivity index (χ4n) is 3.08. The first kappa shape index (κ1) is 16.0. The molecule has 0 spiro atoms. The minimum atomic E-state index is 0.580. The van der Waals surface area contributed by atoms with Crippen molar-refractivity contribution in [3.05, 3.63) is 21.4 Å². The minimum absolute atomic E-state index is 0.580. The van der Waals surface area contributed by atoms with Crippen molar-refractivity contribution in [2.45, 2.75) is 90.6 Å². The second kappa shape index (κ2) is 8.84. The minimum Gasteiger partial charge on any atom is -0.310 e. The highest BCUT2D eigenvalue weighted by atomic mass is 32.1. The number of thiophene rings is 1. The van der Waals surface area contributed by atoms with Crippen molar-refractivity contribution < 1.29 is 0 Å². The Morgan fingerprint density at radius 1 is 0.950 bits per heavy atom. The van der Waals surface area contributed by atoms with Gasteiger partial charge in [-0.2, -0.15) is 0 Å². The predicted molar refractivity (Wildman–Crippen MR) is 90.6 cm³/mol. The van der Waals surface area contributed by atoms with Gasteiger partial charge in [0.2, 0.25) is 0 Å². The largest absolute Gasteiger partial charge is 0.310 e. The quantitative estimate of drug-likeness (QED) is 0.779. The lowest BCUT2D eigenvalue weighted by atomic mass is 9.98. The Bertz CT molecular complexity index is 381. The summed E-state index contributed by atoms with van der Waals surface area (Å²) in [6.45, 7) is 5.53. The molecule has 2 rings (SSSR count). The Morgan fingerprint density at radius 3 is 2.20 bits per heavy atom. The summed E-state index contributed by atoms with van der Waals surface area (Å²) in [6.07, 6.45) is 14.1. The normalized spacial score (nSPS) is 18.4. The van der Waals surface area contributed by atoms with Gasteiger partial charge >= 0.3 is 0 Å². The third-order valence-corrected chi connectivity index (χ3v) is 5.49. The van der Waals surface area contributed by atoms with Crippen molar-refractivity contribution in [3.8, 4) is 0 Å². The van der Waals surface area contributed by atoms with Gasteiger partial charge in [0.05, 0.1) is 0 Å². The van der Waals surface area contributed by atoms with Gasteiger partial charge in [-0.05, 0) is 42.2 Å². The SMILES string of the molecule is CC(C)NCc1csc2c1CCCCCCCCCC2. The molecule has 1 nitrogen and oxygen atoms in total. The molecule has 0 atom stereocenters. The zero-order valence-corrected chi connectivity index (χ0v) is 14.2. The molecule has 1 aromatic heterocycles. The van der Waals surface area contributed by atoms with Gasteiger partial charge in [-0.25, -0.2) is 0 Å². The molecular formula is C18H31NS. The highest BCUT2D eigenvalue weighted by Crippen LogP contribution is 2.28. The fourth-order valence-corrected chi connectivity index (χ4v) is 4.23. The molecule has 1 heterocycles. The van der Waals surface area contributed by atoms with Gasteiger partial charge in [-0.3, -0.25) is 0 Å². The summed E-state index contributed by atoms with van der Waals surface area (Å²) in [5.41, 5.74) is 3.28. The van der Waals surface area contributed by atoms with Gasteiger partial charge in [0.25, 0.3) is 0 Å². The topological polar surface area (TPSA) is 12.0 Å². The first-order valence-electron chi connectivity index (χ1n) is 8.59. The van der Waals surface area contributed by atoms with Crippen molar-refractivity contribution in [3.63, 3.8) is 0 Å². The molecular weight excluding hydrogens is 262 g/mol. The molecule has 0 unspecified atom stereocenters. The number of aryl methyl sites for hydroxylation is 1. The Kier molecular flexibility index (Phi) is 7.09. The highest BCUT2D eigenvalue weighted by Gasteiger charge is 2.12. The maximum absolute atomic E-state index is 3.59. The van der Waals surface area contributed by atoms with Crippen LogP contribution in [0.15, 0.2) is 5.38 Å². The third kappa shape index (κ3) is 5.21. The molecule has 0 radical (unpaired) electrons. The van der Waals surface area contributed by atoms with Crippen LogP contribution in [0.3, 0.4) is 0 Å². The molecule has 1 aliphatic carbocycles. The number of hydrogen-bond donors (Lipinski definition) is 1. The van der Waals surface area contributed by atoms with E-state index in [0.29, 0.717) is 6.04 Å². The number of rotatable bonds is 3. The van der Waals surface area contributed by atoms with E-state index in [2.05, 4.69) is 24.5 Å². The van der Waals surface area contributed by atoms with Gasteiger partial charge in [-0.15, -0.1) is 11.3 Å². The zero-order chi connectivity index (χ0) is 14.2. The van der Waals surface area contributed by atoms with Crippen LogP contribution in [0.4, 0.5) is 0 Å². The van der Waals surface area contributed by atoms with E-state index < -0.39 is 0 Å². The predicted octanol–water partition coefficient (Wildman–Crippen LogP) is 5.47. The van der Waals surface area contributed by atoms with Crippen LogP contribution in [-0.4, -0.2) is 6.04 Å². The molecule has 2 heteroatoms. The van der Waals surface area contributed by atoms with E-state index in [1.165, 1.54) is 64.2 Å². The number of nitrogens with one attached hydrogen (secondary N) is 1. The van der Waals surface area contributed by atoms with Gasteiger partial charge < -0.3 is 5.32 Å². The summed E-state index contributed by atoms with van der Waals surface area (Å²) in [5, 5.41) is 6.01. The summed E-state index contributed by atoms with van der Waals surface area (Å²) in [7, 11) is 0. The molecule has 1 N–H and O–H groups in total. The first-order chi connectivity index (χ1) is 9.77. The van der Waals surface area contributed by atoms with Crippen LogP contribution in [0.5, 0.6) is 0 Å². The van der Waals surface area contributed by atoms with Gasteiger partial charge in [0, 0.05) is 17.5 Å². The van der Waals surface area contributed by atoms with E-state index in [4.69, 9.17) is 0 Å².